The first-order valence-corrected chi connectivity index (χ1v) is 6.10. The fourth-order valence-corrected chi connectivity index (χ4v) is 2.83. The zero-order valence-corrected chi connectivity index (χ0v) is 10.3. The minimum atomic E-state index is 0.200. The Hall–Kier alpha value is -0.240. The fourth-order valence-electron chi connectivity index (χ4n) is 2.03. The Morgan fingerprint density at radius 3 is 2.33 bits per heavy atom. The van der Waals surface area contributed by atoms with Crippen molar-refractivity contribution in [2.24, 2.45) is 0 Å². The Labute approximate surface area is 101 Å². The summed E-state index contributed by atoms with van der Waals surface area (Å²) in [7, 11) is 0. The lowest BCUT2D eigenvalue weighted by molar-refractivity contribution is 0.591. The van der Waals surface area contributed by atoms with Gasteiger partial charge >= 0.3 is 0 Å². The van der Waals surface area contributed by atoms with Crippen molar-refractivity contribution in [2.45, 2.75) is 25.2 Å². The van der Waals surface area contributed by atoms with Crippen LogP contribution in [0.4, 0.5) is 0 Å². The second kappa shape index (κ2) is 4.32. The molecule has 1 aromatic rings. The first-order valence-electron chi connectivity index (χ1n) is 5.35. The highest BCUT2D eigenvalue weighted by Gasteiger charge is 2.46. The van der Waals surface area contributed by atoms with Crippen LogP contribution in [0.5, 0.6) is 0 Å². The molecule has 1 aliphatic carbocycles. The molecule has 0 spiro atoms. The molecule has 0 saturated heterocycles. The minimum Gasteiger partial charge on any atom is -0.316 e. The van der Waals surface area contributed by atoms with Crippen molar-refractivity contribution in [3.05, 3.63) is 33.8 Å². The molecule has 1 aromatic carbocycles. The van der Waals surface area contributed by atoms with Crippen molar-refractivity contribution < 1.29 is 0 Å². The third kappa shape index (κ3) is 2.15. The van der Waals surface area contributed by atoms with Crippen LogP contribution in [0.2, 0.25) is 10.0 Å². The number of rotatable bonds is 4. The van der Waals surface area contributed by atoms with Crippen LogP contribution in [-0.2, 0) is 5.41 Å². The van der Waals surface area contributed by atoms with Crippen LogP contribution in [0.15, 0.2) is 18.2 Å². The van der Waals surface area contributed by atoms with E-state index < -0.39 is 0 Å². The average molecular weight is 244 g/mol. The normalized spacial score (nSPS) is 17.8. The van der Waals surface area contributed by atoms with Crippen LogP contribution >= 0.6 is 23.2 Å². The molecule has 0 aliphatic heterocycles. The molecule has 1 aliphatic rings. The second-order valence-electron chi connectivity index (χ2n) is 4.16. The van der Waals surface area contributed by atoms with Gasteiger partial charge in [0, 0.05) is 22.0 Å². The highest BCUT2D eigenvalue weighted by molar-refractivity contribution is 6.36. The van der Waals surface area contributed by atoms with Gasteiger partial charge in [-0.1, -0.05) is 36.2 Å². The van der Waals surface area contributed by atoms with Crippen molar-refractivity contribution in [2.75, 3.05) is 13.1 Å². The molecule has 0 heterocycles. The third-order valence-electron chi connectivity index (χ3n) is 3.06. The quantitative estimate of drug-likeness (QED) is 0.852. The number of likely N-dealkylation sites (N-methyl/N-ethyl adjacent to an activating group) is 1. The van der Waals surface area contributed by atoms with E-state index in [0.29, 0.717) is 0 Å². The van der Waals surface area contributed by atoms with Gasteiger partial charge in [0.2, 0.25) is 0 Å². The van der Waals surface area contributed by atoms with Gasteiger partial charge in [0.05, 0.1) is 0 Å². The Balaban J connectivity index is 2.28. The predicted molar refractivity (Wildman–Crippen MR) is 65.9 cm³/mol. The smallest absolute Gasteiger partial charge is 0.0459 e. The lowest BCUT2D eigenvalue weighted by Gasteiger charge is -2.19. The van der Waals surface area contributed by atoms with Crippen molar-refractivity contribution in [1.29, 1.82) is 0 Å². The number of halogens is 2. The van der Waals surface area contributed by atoms with Crippen molar-refractivity contribution in [3.63, 3.8) is 0 Å². The molecule has 0 atom stereocenters. The third-order valence-corrected chi connectivity index (χ3v) is 3.69. The summed E-state index contributed by atoms with van der Waals surface area (Å²) < 4.78 is 0. The van der Waals surface area contributed by atoms with E-state index in [0.717, 1.165) is 28.7 Å². The molecule has 3 heteroatoms. The molecular weight excluding hydrogens is 229 g/mol. The molecule has 1 N–H and O–H groups in total. The summed E-state index contributed by atoms with van der Waals surface area (Å²) >= 11 is 12.4. The molecule has 0 radical (unpaired) electrons. The van der Waals surface area contributed by atoms with Crippen molar-refractivity contribution >= 4 is 23.2 Å². The predicted octanol–water partition coefficient (Wildman–Crippen LogP) is 3.63. The van der Waals surface area contributed by atoms with Gasteiger partial charge in [0.25, 0.3) is 0 Å². The summed E-state index contributed by atoms with van der Waals surface area (Å²) in [6.45, 7) is 4.08. The summed E-state index contributed by atoms with van der Waals surface area (Å²) in [6, 6.07) is 5.75. The van der Waals surface area contributed by atoms with E-state index in [2.05, 4.69) is 12.2 Å². The molecule has 0 bridgehead atoms. The summed E-state index contributed by atoms with van der Waals surface area (Å²) in [5, 5.41) is 4.99. The van der Waals surface area contributed by atoms with E-state index in [-0.39, 0.29) is 5.41 Å². The molecule has 0 aromatic heterocycles. The van der Waals surface area contributed by atoms with Crippen LogP contribution in [-0.4, -0.2) is 13.1 Å². The van der Waals surface area contributed by atoms with Gasteiger partial charge in [0.15, 0.2) is 0 Å². The Morgan fingerprint density at radius 2 is 1.87 bits per heavy atom. The molecular formula is C12H15Cl2N. The van der Waals surface area contributed by atoms with Gasteiger partial charge in [-0.3, -0.25) is 0 Å². The Bertz CT molecular complexity index is 338. The SMILES string of the molecule is CCNCC1(c2c(Cl)cccc2Cl)CC1. The second-order valence-corrected chi connectivity index (χ2v) is 4.97. The maximum absolute atomic E-state index is 6.22. The van der Waals surface area contributed by atoms with E-state index in [1.165, 1.54) is 12.8 Å². The monoisotopic (exact) mass is 243 g/mol. The standard InChI is InChI=1S/C12H15Cl2N/c1-2-15-8-12(6-7-12)11-9(13)4-3-5-10(11)14/h3-5,15H,2,6-8H2,1H3. The minimum absolute atomic E-state index is 0.200. The topological polar surface area (TPSA) is 12.0 Å². The molecule has 0 amide bonds. The van der Waals surface area contributed by atoms with Crippen molar-refractivity contribution in [3.8, 4) is 0 Å². The largest absolute Gasteiger partial charge is 0.316 e. The van der Waals surface area contributed by atoms with Crippen LogP contribution in [0, 0.1) is 0 Å². The lowest BCUT2D eigenvalue weighted by atomic mass is 9.95. The molecule has 1 nitrogen and oxygen atoms in total. The molecule has 0 unspecified atom stereocenters. The lowest BCUT2D eigenvalue weighted by Crippen LogP contribution is -2.27. The van der Waals surface area contributed by atoms with E-state index in [1.54, 1.807) is 0 Å². The summed E-state index contributed by atoms with van der Waals surface area (Å²) in [5.41, 5.74) is 1.33. The number of hydrogen-bond acceptors (Lipinski definition) is 1. The number of benzene rings is 1. The molecule has 1 fully saturated rings. The summed E-state index contributed by atoms with van der Waals surface area (Å²) in [5.74, 6) is 0. The van der Waals surface area contributed by atoms with E-state index >= 15 is 0 Å². The van der Waals surface area contributed by atoms with E-state index in [9.17, 15) is 0 Å². The van der Waals surface area contributed by atoms with Gasteiger partial charge in [0.1, 0.15) is 0 Å². The first-order chi connectivity index (χ1) is 7.19. The highest BCUT2D eigenvalue weighted by atomic mass is 35.5. The Kier molecular flexibility index (Phi) is 3.24. The van der Waals surface area contributed by atoms with Gasteiger partial charge < -0.3 is 5.32 Å². The van der Waals surface area contributed by atoms with Crippen molar-refractivity contribution in [1.82, 2.24) is 5.32 Å². The molecule has 1 saturated carbocycles. The van der Waals surface area contributed by atoms with Crippen LogP contribution in [0.1, 0.15) is 25.3 Å². The number of hydrogen-bond donors (Lipinski definition) is 1. The van der Waals surface area contributed by atoms with Crippen LogP contribution < -0.4 is 5.32 Å². The Morgan fingerprint density at radius 1 is 1.27 bits per heavy atom. The van der Waals surface area contributed by atoms with E-state index in [1.807, 2.05) is 18.2 Å². The fraction of sp³-hybridized carbons (Fsp3) is 0.500. The van der Waals surface area contributed by atoms with Gasteiger partial charge in [-0.2, -0.15) is 0 Å². The summed E-state index contributed by atoms with van der Waals surface area (Å²) in [6.07, 6.45) is 2.37. The van der Waals surface area contributed by atoms with Crippen LogP contribution in [0.3, 0.4) is 0 Å². The van der Waals surface area contributed by atoms with Crippen LogP contribution in [0.25, 0.3) is 0 Å². The van der Waals surface area contributed by atoms with E-state index in [4.69, 9.17) is 23.2 Å². The highest BCUT2D eigenvalue weighted by Crippen LogP contribution is 2.52. The van der Waals surface area contributed by atoms with Gasteiger partial charge in [-0.25, -0.2) is 0 Å². The number of nitrogens with one attached hydrogen (secondary N) is 1. The van der Waals surface area contributed by atoms with Gasteiger partial charge in [-0.05, 0) is 37.1 Å². The molecule has 2 rings (SSSR count). The molecule has 82 valence electrons. The zero-order chi connectivity index (χ0) is 10.9. The molecule has 15 heavy (non-hydrogen) atoms. The van der Waals surface area contributed by atoms with Gasteiger partial charge in [-0.15, -0.1) is 0 Å². The maximum atomic E-state index is 6.22. The first kappa shape index (κ1) is 11.3. The average Bonchev–Trinajstić information content (AvgIpc) is 2.96. The summed E-state index contributed by atoms with van der Waals surface area (Å²) in [4.78, 5) is 0. The zero-order valence-electron chi connectivity index (χ0n) is 8.82. The maximum Gasteiger partial charge on any atom is 0.0459 e.